The summed E-state index contributed by atoms with van der Waals surface area (Å²) < 4.78 is 0. The molecule has 3 aliphatic rings. The van der Waals surface area contributed by atoms with Gasteiger partial charge in [-0.3, -0.25) is 10.4 Å². The van der Waals surface area contributed by atoms with Crippen LogP contribution in [0.5, 0.6) is 0 Å². The van der Waals surface area contributed by atoms with Crippen molar-refractivity contribution in [3.63, 3.8) is 0 Å². The minimum Gasteiger partial charge on any atom is -0.371 e. The molecule has 2 fully saturated rings. The standard InChI is InChI=1S/C47H54N6/c1-5-8-15-40(7-3)50-28-12-16-43-35(4)36(6-2)19-22-46(43)52-31-25-41(26-32-52)51-29-23-38(24-30-51)37-17-20-42(21-18-37)53-33-27-44(48)47(53)34-45(49)39-13-10-9-11-14-39/h5-7,9-14,16-22,27-28,33-34,38,40-41,48-49H,1-3,8,15,23-26,29-32H2,4H3/b16-12-,47-34+,48-44?,49-45?,50-28?. The molecule has 0 radical (unpaired) electrons. The van der Waals surface area contributed by atoms with Gasteiger partial charge in [-0.1, -0.05) is 79.4 Å². The molecule has 0 saturated carbocycles. The highest BCUT2D eigenvalue weighted by Gasteiger charge is 2.30. The third-order valence-electron chi connectivity index (χ3n) is 11.1. The lowest BCUT2D eigenvalue weighted by Crippen LogP contribution is -2.47. The number of hydrogen-bond donors (Lipinski definition) is 2. The normalized spacial score (nSPS) is 18.7. The van der Waals surface area contributed by atoms with Crippen molar-refractivity contribution in [1.82, 2.24) is 4.90 Å². The number of likely N-dealkylation sites (tertiary alicyclic amines) is 1. The van der Waals surface area contributed by atoms with E-state index in [1.54, 1.807) is 12.2 Å². The van der Waals surface area contributed by atoms with Crippen molar-refractivity contribution in [3.05, 3.63) is 157 Å². The van der Waals surface area contributed by atoms with Gasteiger partial charge in [0.15, 0.2) is 0 Å². The Balaban J connectivity index is 1.03. The van der Waals surface area contributed by atoms with E-state index < -0.39 is 0 Å². The van der Waals surface area contributed by atoms with E-state index in [-0.39, 0.29) is 6.04 Å². The van der Waals surface area contributed by atoms with E-state index in [9.17, 15) is 0 Å². The van der Waals surface area contributed by atoms with Gasteiger partial charge in [0.2, 0.25) is 0 Å². The predicted octanol–water partition coefficient (Wildman–Crippen LogP) is 10.4. The Hall–Kier alpha value is -5.33. The van der Waals surface area contributed by atoms with Gasteiger partial charge in [-0.2, -0.15) is 0 Å². The van der Waals surface area contributed by atoms with Gasteiger partial charge in [-0.15, -0.1) is 13.2 Å². The van der Waals surface area contributed by atoms with Crippen LogP contribution >= 0.6 is 0 Å². The van der Waals surface area contributed by atoms with Gasteiger partial charge in [0.25, 0.3) is 0 Å². The number of piperidine rings is 2. The molecule has 0 aliphatic carbocycles. The molecule has 3 heterocycles. The van der Waals surface area contributed by atoms with Crippen LogP contribution in [0.1, 0.15) is 72.3 Å². The van der Waals surface area contributed by atoms with E-state index in [1.807, 2.05) is 65.9 Å². The Kier molecular flexibility index (Phi) is 12.7. The SMILES string of the molecule is C=CCCC(C=C)N=C/C=C\c1c(N2CCC(N3CCC(c4ccc(N5C=CC(=N)/C5=C\C(=N)c5ccccc5)cc4)CC3)CC2)ccc(C=C)c1C. The number of allylic oxidation sites excluding steroid dienone is 4. The number of hydrogen-bond acceptors (Lipinski definition) is 6. The van der Waals surface area contributed by atoms with E-state index in [1.165, 1.54) is 53.6 Å². The topological polar surface area (TPSA) is 69.8 Å². The lowest BCUT2D eigenvalue weighted by Gasteiger charge is -2.43. The minimum atomic E-state index is 0.108. The molecule has 6 nitrogen and oxygen atoms in total. The van der Waals surface area contributed by atoms with Crippen LogP contribution in [0.2, 0.25) is 0 Å². The fourth-order valence-corrected chi connectivity index (χ4v) is 7.91. The Morgan fingerprint density at radius 2 is 1.66 bits per heavy atom. The van der Waals surface area contributed by atoms with Crippen molar-refractivity contribution in [2.75, 3.05) is 36.0 Å². The Bertz CT molecular complexity index is 1900. The number of nitrogens with zero attached hydrogens (tertiary/aromatic N) is 4. The van der Waals surface area contributed by atoms with Crippen LogP contribution in [0.3, 0.4) is 0 Å². The fraction of sp³-hybridized carbons (Fsp3) is 0.298. The van der Waals surface area contributed by atoms with Gasteiger partial charge in [0.1, 0.15) is 0 Å². The average Bonchev–Trinajstić information content (AvgIpc) is 3.57. The molecule has 0 spiro atoms. The Morgan fingerprint density at radius 1 is 0.925 bits per heavy atom. The van der Waals surface area contributed by atoms with Gasteiger partial charge in [0, 0.05) is 48.5 Å². The highest BCUT2D eigenvalue weighted by atomic mass is 15.2. The molecular weight excluding hydrogens is 649 g/mol. The number of nitrogens with one attached hydrogen (secondary N) is 2. The first-order chi connectivity index (χ1) is 25.9. The second-order valence-electron chi connectivity index (χ2n) is 14.3. The molecule has 2 saturated heterocycles. The van der Waals surface area contributed by atoms with Gasteiger partial charge >= 0.3 is 0 Å². The van der Waals surface area contributed by atoms with Crippen LogP contribution < -0.4 is 9.80 Å². The zero-order valence-electron chi connectivity index (χ0n) is 31.3. The lowest BCUT2D eigenvalue weighted by atomic mass is 9.87. The van der Waals surface area contributed by atoms with Crippen LogP contribution in [0.15, 0.2) is 134 Å². The molecule has 272 valence electrons. The first-order valence-electron chi connectivity index (χ1n) is 19.1. The third kappa shape index (κ3) is 9.01. The molecule has 6 heteroatoms. The molecular formula is C47H54N6. The molecule has 3 aromatic carbocycles. The lowest BCUT2D eigenvalue weighted by molar-refractivity contribution is 0.132. The second-order valence-corrected chi connectivity index (χ2v) is 14.3. The van der Waals surface area contributed by atoms with Crippen LogP contribution in [0.25, 0.3) is 12.2 Å². The largest absolute Gasteiger partial charge is 0.371 e. The maximum atomic E-state index is 8.59. The molecule has 6 rings (SSSR count). The third-order valence-corrected chi connectivity index (χ3v) is 11.1. The van der Waals surface area contributed by atoms with Crippen molar-refractivity contribution >= 4 is 41.2 Å². The molecule has 1 atom stereocenters. The summed E-state index contributed by atoms with van der Waals surface area (Å²) in [5.41, 5.74) is 9.77. The van der Waals surface area contributed by atoms with E-state index in [4.69, 9.17) is 15.8 Å². The highest BCUT2D eigenvalue weighted by molar-refractivity contribution is 6.18. The summed E-state index contributed by atoms with van der Waals surface area (Å²) in [5, 5.41) is 17.1. The van der Waals surface area contributed by atoms with Gasteiger partial charge in [0.05, 0.1) is 23.2 Å². The summed E-state index contributed by atoms with van der Waals surface area (Å²) in [6.07, 6.45) is 24.1. The zero-order chi connectivity index (χ0) is 37.2. The number of benzene rings is 3. The molecule has 53 heavy (non-hydrogen) atoms. The number of aliphatic imine (C=N–C) groups is 1. The summed E-state index contributed by atoms with van der Waals surface area (Å²) in [6, 6.07) is 23.8. The van der Waals surface area contributed by atoms with Crippen molar-refractivity contribution in [3.8, 4) is 0 Å². The summed E-state index contributed by atoms with van der Waals surface area (Å²) in [4.78, 5) is 12.0. The quantitative estimate of drug-likeness (QED) is 0.130. The van der Waals surface area contributed by atoms with E-state index in [0.717, 1.165) is 56.0 Å². The smallest absolute Gasteiger partial charge is 0.0795 e. The maximum Gasteiger partial charge on any atom is 0.0795 e. The molecule has 0 bridgehead atoms. The summed E-state index contributed by atoms with van der Waals surface area (Å²) in [6.45, 7) is 18.4. The Morgan fingerprint density at radius 3 is 2.34 bits per heavy atom. The molecule has 0 amide bonds. The monoisotopic (exact) mass is 702 g/mol. The maximum absolute atomic E-state index is 8.59. The zero-order valence-corrected chi connectivity index (χ0v) is 31.3. The summed E-state index contributed by atoms with van der Waals surface area (Å²) in [5.74, 6) is 0.557. The van der Waals surface area contributed by atoms with Crippen LogP contribution in [-0.2, 0) is 0 Å². The molecule has 1 unspecified atom stereocenters. The van der Waals surface area contributed by atoms with Crippen molar-refractivity contribution in [2.24, 2.45) is 4.99 Å². The van der Waals surface area contributed by atoms with Crippen molar-refractivity contribution < 1.29 is 0 Å². The second kappa shape index (κ2) is 17.9. The van der Waals surface area contributed by atoms with Gasteiger partial charge in [-0.05, 0) is 123 Å². The number of anilines is 2. The fourth-order valence-electron chi connectivity index (χ4n) is 7.91. The van der Waals surface area contributed by atoms with Crippen molar-refractivity contribution in [1.29, 1.82) is 10.8 Å². The van der Waals surface area contributed by atoms with Gasteiger partial charge in [-0.25, -0.2) is 0 Å². The van der Waals surface area contributed by atoms with Gasteiger partial charge < -0.3 is 20.1 Å². The van der Waals surface area contributed by atoms with Crippen molar-refractivity contribution in [2.45, 2.75) is 63.5 Å². The summed E-state index contributed by atoms with van der Waals surface area (Å²) in [7, 11) is 0. The van der Waals surface area contributed by atoms with E-state index in [0.29, 0.717) is 23.4 Å². The minimum absolute atomic E-state index is 0.108. The van der Waals surface area contributed by atoms with Crippen LogP contribution in [0.4, 0.5) is 11.4 Å². The van der Waals surface area contributed by atoms with Crippen LogP contribution in [-0.4, -0.2) is 60.8 Å². The van der Waals surface area contributed by atoms with Crippen LogP contribution in [0, 0.1) is 17.7 Å². The molecule has 0 aromatic heterocycles. The highest BCUT2D eigenvalue weighted by Crippen LogP contribution is 2.35. The Labute approximate surface area is 317 Å². The first-order valence-corrected chi connectivity index (χ1v) is 19.1. The molecule has 3 aliphatic heterocycles. The molecule has 3 aromatic rings. The molecule has 2 N–H and O–H groups in total. The van der Waals surface area contributed by atoms with E-state index >= 15 is 0 Å². The average molecular weight is 703 g/mol. The first kappa shape index (κ1) is 37.4. The number of rotatable bonds is 14. The van der Waals surface area contributed by atoms with E-state index in [2.05, 4.69) is 85.0 Å². The summed E-state index contributed by atoms with van der Waals surface area (Å²) >= 11 is 0. The predicted molar refractivity (Wildman–Crippen MR) is 228 cm³/mol.